The number of para-hydroxylation sites is 1. The second kappa shape index (κ2) is 8.06. The number of carbonyl (C=O) groups excluding carboxylic acids is 1. The van der Waals surface area contributed by atoms with E-state index >= 15 is 0 Å². The average molecular weight is 354 g/mol. The highest BCUT2D eigenvalue weighted by Gasteiger charge is 2.08. The Morgan fingerprint density at radius 3 is 2.85 bits per heavy atom. The molecule has 0 saturated heterocycles. The van der Waals surface area contributed by atoms with E-state index in [4.69, 9.17) is 4.74 Å². The zero-order valence-electron chi connectivity index (χ0n) is 14.2. The Kier molecular flexibility index (Phi) is 5.37. The minimum absolute atomic E-state index is 0.157. The first-order valence-electron chi connectivity index (χ1n) is 7.99. The molecule has 26 heavy (non-hydrogen) atoms. The van der Waals surface area contributed by atoms with Crippen LogP contribution in [0.4, 0.5) is 0 Å². The van der Waals surface area contributed by atoms with E-state index in [0.717, 1.165) is 5.56 Å². The van der Waals surface area contributed by atoms with Crippen LogP contribution in [0.2, 0.25) is 0 Å². The number of hydrogen-bond donors (Lipinski definition) is 1. The van der Waals surface area contributed by atoms with Gasteiger partial charge in [0, 0.05) is 18.2 Å². The standard InChI is InChI=1S/C17H18N6O3/c1-26-14-5-3-2-4-13(14)10-16(24)19-8-9-22-17(25)7-6-15(21-22)23-12-18-11-20-23/h2-7,11-12H,8-10H2,1H3,(H,19,24). The van der Waals surface area contributed by atoms with Crippen molar-refractivity contribution >= 4 is 5.91 Å². The topological polar surface area (TPSA) is 104 Å². The zero-order chi connectivity index (χ0) is 18.4. The molecule has 9 nitrogen and oxygen atoms in total. The number of rotatable bonds is 7. The summed E-state index contributed by atoms with van der Waals surface area (Å²) in [4.78, 5) is 27.9. The van der Waals surface area contributed by atoms with Gasteiger partial charge in [-0.25, -0.2) is 14.3 Å². The summed E-state index contributed by atoms with van der Waals surface area (Å²) in [6.45, 7) is 0.529. The predicted molar refractivity (Wildman–Crippen MR) is 93.1 cm³/mol. The predicted octanol–water partition coefficient (Wildman–Crippen LogP) is 0.191. The lowest BCUT2D eigenvalue weighted by Gasteiger charge is -2.10. The van der Waals surface area contributed by atoms with Crippen molar-refractivity contribution in [1.82, 2.24) is 29.9 Å². The molecule has 3 rings (SSSR count). The molecule has 3 aromatic rings. The number of carbonyl (C=O) groups is 1. The van der Waals surface area contributed by atoms with Crippen LogP contribution in [0, 0.1) is 0 Å². The Morgan fingerprint density at radius 2 is 2.08 bits per heavy atom. The largest absolute Gasteiger partial charge is 0.496 e. The Bertz CT molecular complexity index is 936. The monoisotopic (exact) mass is 354 g/mol. The van der Waals surface area contributed by atoms with E-state index in [-0.39, 0.29) is 31.0 Å². The minimum atomic E-state index is -0.257. The molecule has 0 saturated carbocycles. The number of methoxy groups -OCH3 is 1. The summed E-state index contributed by atoms with van der Waals surface area (Å²) in [6, 6.07) is 10.3. The van der Waals surface area contributed by atoms with E-state index in [1.165, 1.54) is 28.1 Å². The summed E-state index contributed by atoms with van der Waals surface area (Å²) < 4.78 is 7.97. The van der Waals surface area contributed by atoms with E-state index in [2.05, 4.69) is 20.5 Å². The Hall–Kier alpha value is -3.49. The molecule has 0 bridgehead atoms. The van der Waals surface area contributed by atoms with Crippen molar-refractivity contribution in [2.24, 2.45) is 0 Å². The maximum atomic E-state index is 12.1. The number of hydrogen-bond acceptors (Lipinski definition) is 6. The van der Waals surface area contributed by atoms with Crippen molar-refractivity contribution in [2.45, 2.75) is 13.0 Å². The van der Waals surface area contributed by atoms with E-state index < -0.39 is 0 Å². The fourth-order valence-electron chi connectivity index (χ4n) is 2.43. The van der Waals surface area contributed by atoms with Gasteiger partial charge in [0.15, 0.2) is 5.82 Å². The minimum Gasteiger partial charge on any atom is -0.496 e. The fourth-order valence-corrected chi connectivity index (χ4v) is 2.43. The maximum absolute atomic E-state index is 12.1. The van der Waals surface area contributed by atoms with Crippen LogP contribution in [0.5, 0.6) is 5.75 Å². The van der Waals surface area contributed by atoms with E-state index in [1.807, 2.05) is 24.3 Å². The lowest BCUT2D eigenvalue weighted by atomic mass is 10.1. The molecular formula is C17H18N6O3. The third-order valence-electron chi connectivity index (χ3n) is 3.70. The first-order valence-corrected chi connectivity index (χ1v) is 7.99. The highest BCUT2D eigenvalue weighted by molar-refractivity contribution is 5.79. The van der Waals surface area contributed by atoms with Gasteiger partial charge in [-0.2, -0.15) is 5.10 Å². The molecule has 1 aromatic carbocycles. The van der Waals surface area contributed by atoms with Crippen molar-refractivity contribution in [1.29, 1.82) is 0 Å². The summed E-state index contributed by atoms with van der Waals surface area (Å²) >= 11 is 0. The lowest BCUT2D eigenvalue weighted by molar-refractivity contribution is -0.120. The number of benzene rings is 1. The van der Waals surface area contributed by atoms with Crippen LogP contribution in [-0.4, -0.2) is 44.1 Å². The van der Waals surface area contributed by atoms with Crippen LogP contribution in [0.25, 0.3) is 5.82 Å². The second-order valence-corrected chi connectivity index (χ2v) is 5.43. The first kappa shape index (κ1) is 17.3. The number of amides is 1. The molecule has 9 heteroatoms. The van der Waals surface area contributed by atoms with Gasteiger partial charge in [0.25, 0.3) is 5.56 Å². The van der Waals surface area contributed by atoms with Crippen molar-refractivity contribution in [3.8, 4) is 11.6 Å². The van der Waals surface area contributed by atoms with Gasteiger partial charge in [-0.15, -0.1) is 5.10 Å². The van der Waals surface area contributed by atoms with E-state index in [0.29, 0.717) is 11.6 Å². The SMILES string of the molecule is COc1ccccc1CC(=O)NCCn1nc(-n2cncn2)ccc1=O. The molecule has 0 radical (unpaired) electrons. The molecule has 0 aliphatic rings. The van der Waals surface area contributed by atoms with Gasteiger partial charge in [-0.1, -0.05) is 18.2 Å². The Labute approximate surface area is 149 Å². The summed E-state index contributed by atoms with van der Waals surface area (Å²) in [6.07, 6.45) is 3.08. The smallest absolute Gasteiger partial charge is 0.266 e. The molecule has 0 aliphatic heterocycles. The van der Waals surface area contributed by atoms with Crippen molar-refractivity contribution in [3.05, 3.63) is 65.0 Å². The Morgan fingerprint density at radius 1 is 1.23 bits per heavy atom. The molecule has 0 unspecified atom stereocenters. The number of ether oxygens (including phenoxy) is 1. The normalized spacial score (nSPS) is 10.5. The average Bonchev–Trinajstić information content (AvgIpc) is 3.18. The third-order valence-corrected chi connectivity index (χ3v) is 3.70. The van der Waals surface area contributed by atoms with Gasteiger partial charge >= 0.3 is 0 Å². The fraction of sp³-hybridized carbons (Fsp3) is 0.235. The maximum Gasteiger partial charge on any atom is 0.266 e. The number of nitrogens with one attached hydrogen (secondary N) is 1. The van der Waals surface area contributed by atoms with Gasteiger partial charge < -0.3 is 10.1 Å². The lowest BCUT2D eigenvalue weighted by Crippen LogP contribution is -2.33. The molecule has 0 atom stereocenters. The third kappa shape index (κ3) is 4.12. The summed E-state index contributed by atoms with van der Waals surface area (Å²) in [5.41, 5.74) is 0.545. The van der Waals surface area contributed by atoms with Crippen LogP contribution in [0.15, 0.2) is 53.8 Å². The summed E-state index contributed by atoms with van der Waals surface area (Å²) in [5, 5.41) is 11.0. The van der Waals surface area contributed by atoms with Crippen LogP contribution >= 0.6 is 0 Å². The van der Waals surface area contributed by atoms with Gasteiger partial charge in [-0.3, -0.25) is 9.59 Å². The van der Waals surface area contributed by atoms with Crippen molar-refractivity contribution in [2.75, 3.05) is 13.7 Å². The molecule has 134 valence electrons. The second-order valence-electron chi connectivity index (χ2n) is 5.43. The van der Waals surface area contributed by atoms with Crippen molar-refractivity contribution < 1.29 is 9.53 Å². The molecule has 1 amide bonds. The highest BCUT2D eigenvalue weighted by Crippen LogP contribution is 2.17. The van der Waals surface area contributed by atoms with Gasteiger partial charge in [0.1, 0.15) is 18.4 Å². The van der Waals surface area contributed by atoms with Crippen LogP contribution < -0.4 is 15.6 Å². The van der Waals surface area contributed by atoms with Crippen LogP contribution in [-0.2, 0) is 17.8 Å². The van der Waals surface area contributed by atoms with E-state index in [1.54, 1.807) is 13.2 Å². The van der Waals surface area contributed by atoms with Crippen LogP contribution in [0.3, 0.4) is 0 Å². The Balaban J connectivity index is 1.58. The molecule has 2 heterocycles. The molecule has 1 N–H and O–H groups in total. The van der Waals surface area contributed by atoms with Gasteiger partial charge in [0.2, 0.25) is 5.91 Å². The number of aromatic nitrogens is 5. The summed E-state index contributed by atoms with van der Waals surface area (Å²) in [7, 11) is 1.57. The molecule has 0 aliphatic carbocycles. The first-order chi connectivity index (χ1) is 12.7. The molecule has 0 spiro atoms. The van der Waals surface area contributed by atoms with Crippen molar-refractivity contribution in [3.63, 3.8) is 0 Å². The number of nitrogens with zero attached hydrogens (tertiary/aromatic N) is 5. The molecular weight excluding hydrogens is 336 g/mol. The van der Waals surface area contributed by atoms with Gasteiger partial charge in [0.05, 0.1) is 20.1 Å². The highest BCUT2D eigenvalue weighted by atomic mass is 16.5. The van der Waals surface area contributed by atoms with Crippen LogP contribution in [0.1, 0.15) is 5.56 Å². The molecule has 0 fully saturated rings. The van der Waals surface area contributed by atoms with Gasteiger partial charge in [-0.05, 0) is 12.1 Å². The summed E-state index contributed by atoms with van der Waals surface area (Å²) in [5.74, 6) is 0.985. The zero-order valence-corrected chi connectivity index (χ0v) is 14.2. The molecule has 2 aromatic heterocycles. The van der Waals surface area contributed by atoms with E-state index in [9.17, 15) is 9.59 Å². The quantitative estimate of drug-likeness (QED) is 0.650.